The second-order valence-corrected chi connectivity index (χ2v) is 5.41. The molecular weight excluding hydrogens is 376 g/mol. The minimum atomic E-state index is -1.42. The fourth-order valence-electron chi connectivity index (χ4n) is 1.90. The van der Waals surface area contributed by atoms with Gasteiger partial charge in [-0.05, 0) is 40.2 Å². The molecule has 0 aliphatic heterocycles. The van der Waals surface area contributed by atoms with Crippen molar-refractivity contribution in [2.75, 3.05) is 0 Å². The molecule has 112 valence electrons. The van der Waals surface area contributed by atoms with Crippen LogP contribution in [0.2, 0.25) is 5.02 Å². The molecule has 0 radical (unpaired) electrons. The van der Waals surface area contributed by atoms with E-state index < -0.39 is 39.9 Å². The van der Waals surface area contributed by atoms with Gasteiger partial charge in [-0.2, -0.15) is 0 Å². The Morgan fingerprint density at radius 2 is 1.71 bits per heavy atom. The molecule has 2 nitrogen and oxygen atoms in total. The van der Waals surface area contributed by atoms with Crippen molar-refractivity contribution >= 4 is 27.5 Å². The summed E-state index contributed by atoms with van der Waals surface area (Å²) in [5.41, 5.74) is 1.18. The Kier molecular flexibility index (Phi) is 4.88. The van der Waals surface area contributed by atoms with Crippen molar-refractivity contribution in [1.82, 2.24) is 5.43 Å². The van der Waals surface area contributed by atoms with Crippen LogP contribution in [0.4, 0.5) is 17.6 Å². The zero-order valence-electron chi connectivity index (χ0n) is 10.2. The number of nitrogens with two attached hydrogens (primary N) is 1. The first-order valence-corrected chi connectivity index (χ1v) is 6.77. The van der Waals surface area contributed by atoms with Gasteiger partial charge in [-0.3, -0.25) is 5.84 Å². The molecule has 1 atom stereocenters. The molecule has 0 heterocycles. The number of hydrogen-bond acceptors (Lipinski definition) is 2. The summed E-state index contributed by atoms with van der Waals surface area (Å²) >= 11 is 8.34. The summed E-state index contributed by atoms with van der Waals surface area (Å²) in [5, 5.41) is -0.442. The quantitative estimate of drug-likeness (QED) is 0.361. The summed E-state index contributed by atoms with van der Waals surface area (Å²) in [5.74, 6) is 1.48. The molecule has 0 amide bonds. The van der Waals surface area contributed by atoms with Crippen LogP contribution in [0.5, 0.6) is 0 Å². The van der Waals surface area contributed by atoms with Crippen LogP contribution < -0.4 is 11.3 Å². The molecule has 8 heteroatoms. The van der Waals surface area contributed by atoms with Gasteiger partial charge in [-0.1, -0.05) is 11.6 Å². The third-order valence-corrected chi connectivity index (χ3v) is 3.79. The molecule has 21 heavy (non-hydrogen) atoms. The summed E-state index contributed by atoms with van der Waals surface area (Å²) in [6.07, 6.45) is 0. The van der Waals surface area contributed by atoms with Crippen molar-refractivity contribution in [2.45, 2.75) is 6.04 Å². The van der Waals surface area contributed by atoms with E-state index in [2.05, 4.69) is 21.4 Å². The average Bonchev–Trinajstić information content (AvgIpc) is 2.44. The largest absolute Gasteiger partial charge is 0.271 e. The number of halogens is 6. The monoisotopic (exact) mass is 382 g/mol. The van der Waals surface area contributed by atoms with E-state index >= 15 is 0 Å². The fraction of sp³-hybridized carbons (Fsp3) is 0.0769. The van der Waals surface area contributed by atoms with Crippen LogP contribution in [0.3, 0.4) is 0 Å². The van der Waals surface area contributed by atoms with Crippen LogP contribution in [0.15, 0.2) is 28.7 Å². The van der Waals surface area contributed by atoms with E-state index in [9.17, 15) is 17.6 Å². The fourth-order valence-corrected chi connectivity index (χ4v) is 2.39. The standard InChI is InChI=1S/C13H8BrClF4N2/c14-6-1-2-8(16)11(12(6)19)13(21-20)5-3-10(18)7(15)4-9(5)17/h1-4,13,21H,20H2. The van der Waals surface area contributed by atoms with Gasteiger partial charge in [0.25, 0.3) is 0 Å². The maximum atomic E-state index is 14.1. The van der Waals surface area contributed by atoms with Gasteiger partial charge in [0.1, 0.15) is 23.3 Å². The number of benzene rings is 2. The Balaban J connectivity index is 2.66. The number of nitrogens with one attached hydrogen (secondary N) is 1. The second kappa shape index (κ2) is 6.31. The number of hydrazine groups is 1. The van der Waals surface area contributed by atoms with Crippen LogP contribution in [0.1, 0.15) is 17.2 Å². The molecule has 0 spiro atoms. The van der Waals surface area contributed by atoms with Gasteiger partial charge in [-0.15, -0.1) is 0 Å². The minimum Gasteiger partial charge on any atom is -0.271 e. The van der Waals surface area contributed by atoms with Crippen LogP contribution in [-0.2, 0) is 0 Å². The summed E-state index contributed by atoms with van der Waals surface area (Å²) in [6, 6.07) is 2.17. The summed E-state index contributed by atoms with van der Waals surface area (Å²) in [4.78, 5) is 0. The minimum absolute atomic E-state index is 0.0333. The summed E-state index contributed by atoms with van der Waals surface area (Å²) in [7, 11) is 0. The van der Waals surface area contributed by atoms with E-state index in [-0.39, 0.29) is 10.0 Å². The van der Waals surface area contributed by atoms with Gasteiger partial charge >= 0.3 is 0 Å². The molecule has 1 unspecified atom stereocenters. The Morgan fingerprint density at radius 3 is 2.33 bits per heavy atom. The van der Waals surface area contributed by atoms with Crippen molar-refractivity contribution in [2.24, 2.45) is 5.84 Å². The molecule has 0 aliphatic rings. The lowest BCUT2D eigenvalue weighted by Gasteiger charge is -2.19. The van der Waals surface area contributed by atoms with Crippen molar-refractivity contribution in [1.29, 1.82) is 0 Å². The Bertz CT molecular complexity index is 696. The van der Waals surface area contributed by atoms with Gasteiger partial charge < -0.3 is 0 Å². The maximum absolute atomic E-state index is 14.1. The van der Waals surface area contributed by atoms with Gasteiger partial charge in [-0.25, -0.2) is 23.0 Å². The maximum Gasteiger partial charge on any atom is 0.145 e. The Morgan fingerprint density at radius 1 is 1.05 bits per heavy atom. The molecule has 0 fully saturated rings. The first kappa shape index (κ1) is 16.2. The first-order chi connectivity index (χ1) is 9.86. The zero-order valence-corrected chi connectivity index (χ0v) is 12.6. The lowest BCUT2D eigenvalue weighted by atomic mass is 9.97. The van der Waals surface area contributed by atoms with E-state index in [1.54, 1.807) is 0 Å². The number of rotatable bonds is 3. The first-order valence-electron chi connectivity index (χ1n) is 5.60. The van der Waals surface area contributed by atoms with E-state index in [1.165, 1.54) is 0 Å². The van der Waals surface area contributed by atoms with Crippen LogP contribution in [-0.4, -0.2) is 0 Å². The average molecular weight is 384 g/mol. The van der Waals surface area contributed by atoms with Crippen LogP contribution in [0.25, 0.3) is 0 Å². The van der Waals surface area contributed by atoms with E-state index in [0.29, 0.717) is 6.07 Å². The third kappa shape index (κ3) is 3.06. The molecular formula is C13H8BrClF4N2. The molecule has 2 aromatic rings. The van der Waals surface area contributed by atoms with Crippen molar-refractivity contribution < 1.29 is 17.6 Å². The van der Waals surface area contributed by atoms with Gasteiger partial charge in [0.05, 0.1) is 15.5 Å². The van der Waals surface area contributed by atoms with Crippen molar-refractivity contribution in [3.8, 4) is 0 Å². The molecule has 0 saturated carbocycles. The second-order valence-electron chi connectivity index (χ2n) is 4.14. The third-order valence-electron chi connectivity index (χ3n) is 2.89. The molecule has 3 N–H and O–H groups in total. The topological polar surface area (TPSA) is 38.0 Å². The summed E-state index contributed by atoms with van der Waals surface area (Å²) < 4.78 is 55.3. The molecule has 0 aliphatic carbocycles. The highest BCUT2D eigenvalue weighted by molar-refractivity contribution is 9.10. The smallest absolute Gasteiger partial charge is 0.145 e. The van der Waals surface area contributed by atoms with Crippen molar-refractivity contribution in [3.05, 3.63) is 68.2 Å². The number of hydrogen-bond donors (Lipinski definition) is 2. The van der Waals surface area contributed by atoms with Gasteiger partial charge in [0.2, 0.25) is 0 Å². The zero-order chi connectivity index (χ0) is 15.7. The van der Waals surface area contributed by atoms with E-state index in [0.717, 1.165) is 18.2 Å². The Hall–Kier alpha value is -1.15. The molecule has 0 saturated heterocycles. The molecule has 0 aromatic heterocycles. The van der Waals surface area contributed by atoms with E-state index in [4.69, 9.17) is 17.4 Å². The highest BCUT2D eigenvalue weighted by atomic mass is 79.9. The predicted molar refractivity (Wildman–Crippen MR) is 74.6 cm³/mol. The lowest BCUT2D eigenvalue weighted by Crippen LogP contribution is -2.31. The van der Waals surface area contributed by atoms with Crippen molar-refractivity contribution in [3.63, 3.8) is 0 Å². The highest BCUT2D eigenvalue weighted by Crippen LogP contribution is 2.33. The molecule has 2 rings (SSSR count). The Labute approximate surface area is 131 Å². The normalized spacial score (nSPS) is 12.5. The predicted octanol–water partition coefficient (Wildman–Crippen LogP) is 4.21. The summed E-state index contributed by atoms with van der Waals surface area (Å²) in [6.45, 7) is 0. The molecule has 2 aromatic carbocycles. The molecule has 0 bridgehead atoms. The highest BCUT2D eigenvalue weighted by Gasteiger charge is 2.26. The lowest BCUT2D eigenvalue weighted by molar-refractivity contribution is 0.489. The van der Waals surface area contributed by atoms with Crippen LogP contribution in [0, 0.1) is 23.3 Å². The SMILES string of the molecule is NNC(c1cc(F)c(Cl)cc1F)c1c(F)ccc(Br)c1F. The van der Waals surface area contributed by atoms with E-state index in [1.807, 2.05) is 0 Å². The van der Waals surface area contributed by atoms with Crippen LogP contribution >= 0.6 is 27.5 Å². The van der Waals surface area contributed by atoms with Gasteiger partial charge in [0.15, 0.2) is 0 Å². The van der Waals surface area contributed by atoms with Gasteiger partial charge in [0, 0.05) is 11.1 Å².